The molecule has 7 heteroatoms. The van der Waals surface area contributed by atoms with E-state index in [1.807, 2.05) is 0 Å². The molecule has 0 saturated carbocycles. The number of nitrogens with one attached hydrogen (secondary N) is 1. The third-order valence-electron chi connectivity index (χ3n) is 2.00. The lowest BCUT2D eigenvalue weighted by atomic mass is 10.1. The predicted molar refractivity (Wildman–Crippen MR) is 66.5 cm³/mol. The van der Waals surface area contributed by atoms with Crippen molar-refractivity contribution in [1.29, 1.82) is 0 Å². The molecule has 0 radical (unpaired) electrons. The second kappa shape index (κ2) is 5.92. The molecule has 6 nitrogen and oxygen atoms in total. The zero-order valence-electron chi connectivity index (χ0n) is 9.18. The van der Waals surface area contributed by atoms with Crippen LogP contribution in [0.25, 0.3) is 0 Å². The lowest BCUT2D eigenvalue weighted by Gasteiger charge is -2.05. The summed E-state index contributed by atoms with van der Waals surface area (Å²) in [6.07, 6.45) is 1.08. The number of Topliss-reactive ketones (excluding diaryl/α,β-unsaturated/α-hetero) is 1. The van der Waals surface area contributed by atoms with Gasteiger partial charge in [0.25, 0.3) is 6.54 Å². The minimum Gasteiger partial charge on any atom is -0.322 e. The highest BCUT2D eigenvalue weighted by molar-refractivity contribution is 6.34. The smallest absolute Gasteiger partial charge is 0.265 e. The molecule has 0 atom stereocenters. The quantitative estimate of drug-likeness (QED) is 0.382. The maximum atomic E-state index is 11.4. The molecule has 1 aromatic carbocycles. The SMILES string of the molecule is C=CC(=O)Nc1ccc(C(=O)C[N+](=O)[O-])c(Cl)c1. The lowest BCUT2D eigenvalue weighted by molar-refractivity contribution is -0.465. The molecule has 1 rings (SSSR count). The van der Waals surface area contributed by atoms with Crippen LogP contribution in [0.4, 0.5) is 5.69 Å². The number of hydrogen-bond donors (Lipinski definition) is 1. The fourth-order valence-electron chi connectivity index (χ4n) is 1.21. The van der Waals surface area contributed by atoms with Gasteiger partial charge in [-0.15, -0.1) is 0 Å². The number of nitro groups is 1. The van der Waals surface area contributed by atoms with Crippen LogP contribution >= 0.6 is 11.6 Å². The minimum atomic E-state index is -0.821. The predicted octanol–water partition coefficient (Wildman–Crippen LogP) is 1.92. The summed E-state index contributed by atoms with van der Waals surface area (Å²) in [6.45, 7) is 2.46. The van der Waals surface area contributed by atoms with Gasteiger partial charge in [0.15, 0.2) is 0 Å². The van der Waals surface area contributed by atoms with Crippen LogP contribution in [-0.2, 0) is 4.79 Å². The molecule has 94 valence electrons. The molecule has 18 heavy (non-hydrogen) atoms. The lowest BCUT2D eigenvalue weighted by Crippen LogP contribution is -2.14. The van der Waals surface area contributed by atoms with Crippen molar-refractivity contribution in [2.24, 2.45) is 0 Å². The van der Waals surface area contributed by atoms with E-state index in [0.717, 1.165) is 6.08 Å². The minimum absolute atomic E-state index is 0.0451. The Kier molecular flexibility index (Phi) is 4.56. The van der Waals surface area contributed by atoms with E-state index in [1.54, 1.807) is 0 Å². The normalized spacial score (nSPS) is 9.61. The topological polar surface area (TPSA) is 89.3 Å². The van der Waals surface area contributed by atoms with Crippen molar-refractivity contribution in [3.05, 3.63) is 51.6 Å². The van der Waals surface area contributed by atoms with Gasteiger partial charge < -0.3 is 5.32 Å². The van der Waals surface area contributed by atoms with Crippen molar-refractivity contribution in [3.63, 3.8) is 0 Å². The molecule has 0 heterocycles. The number of amides is 1. The molecule has 0 aliphatic heterocycles. The van der Waals surface area contributed by atoms with Crippen LogP contribution in [0.2, 0.25) is 5.02 Å². The fraction of sp³-hybridized carbons (Fsp3) is 0.0909. The Morgan fingerprint density at radius 2 is 2.17 bits per heavy atom. The summed E-state index contributed by atoms with van der Waals surface area (Å²) >= 11 is 5.81. The summed E-state index contributed by atoms with van der Waals surface area (Å²) in [4.78, 5) is 32.0. The van der Waals surface area contributed by atoms with Crippen LogP contribution in [-0.4, -0.2) is 23.2 Å². The number of benzene rings is 1. The molecule has 1 amide bonds. The molecule has 1 aromatic rings. The van der Waals surface area contributed by atoms with Crippen molar-refractivity contribution >= 4 is 29.0 Å². The Hall–Kier alpha value is -2.21. The average molecular weight is 269 g/mol. The van der Waals surface area contributed by atoms with Crippen LogP contribution in [0, 0.1) is 10.1 Å². The zero-order chi connectivity index (χ0) is 13.7. The van der Waals surface area contributed by atoms with Crippen LogP contribution in [0.5, 0.6) is 0 Å². The van der Waals surface area contributed by atoms with E-state index in [0.29, 0.717) is 5.69 Å². The van der Waals surface area contributed by atoms with Crippen LogP contribution in [0.1, 0.15) is 10.4 Å². The second-order valence-corrected chi connectivity index (χ2v) is 3.71. The molecule has 0 aliphatic rings. The Balaban J connectivity index is 2.92. The van der Waals surface area contributed by atoms with E-state index in [9.17, 15) is 19.7 Å². The average Bonchev–Trinajstić information content (AvgIpc) is 2.27. The van der Waals surface area contributed by atoms with E-state index >= 15 is 0 Å². The van der Waals surface area contributed by atoms with Gasteiger partial charge in [0.1, 0.15) is 0 Å². The molecule has 1 N–H and O–H groups in total. The first-order valence-electron chi connectivity index (χ1n) is 4.82. The Morgan fingerprint density at radius 3 is 2.67 bits per heavy atom. The number of ketones is 1. The van der Waals surface area contributed by atoms with Crippen molar-refractivity contribution in [3.8, 4) is 0 Å². The van der Waals surface area contributed by atoms with Gasteiger partial charge in [0.05, 0.1) is 5.02 Å². The highest BCUT2D eigenvalue weighted by Crippen LogP contribution is 2.21. The first kappa shape index (κ1) is 13.9. The van der Waals surface area contributed by atoms with Gasteiger partial charge in [0.2, 0.25) is 11.7 Å². The zero-order valence-corrected chi connectivity index (χ0v) is 9.94. The number of rotatable bonds is 5. The molecule has 0 aliphatic carbocycles. The number of anilines is 1. The first-order valence-corrected chi connectivity index (χ1v) is 5.20. The number of nitrogens with zero attached hydrogens (tertiary/aromatic N) is 1. The standard InChI is InChI=1S/C11H9ClN2O4/c1-2-11(16)13-7-3-4-8(9(12)5-7)10(15)6-14(17)18/h2-5H,1,6H2,(H,13,16). The van der Waals surface area contributed by atoms with Crippen LogP contribution in [0.15, 0.2) is 30.9 Å². The van der Waals surface area contributed by atoms with Crippen molar-refractivity contribution < 1.29 is 14.5 Å². The number of hydrogen-bond acceptors (Lipinski definition) is 4. The third-order valence-corrected chi connectivity index (χ3v) is 2.31. The first-order chi connectivity index (χ1) is 8.43. The van der Waals surface area contributed by atoms with Gasteiger partial charge in [-0.2, -0.15) is 0 Å². The fourth-order valence-corrected chi connectivity index (χ4v) is 1.50. The van der Waals surface area contributed by atoms with Crippen molar-refractivity contribution in [2.75, 3.05) is 11.9 Å². The molecular weight excluding hydrogens is 260 g/mol. The summed E-state index contributed by atoms with van der Waals surface area (Å²) in [6, 6.07) is 4.10. The molecule has 0 fully saturated rings. The van der Waals surface area contributed by atoms with Gasteiger partial charge in [-0.3, -0.25) is 19.7 Å². The van der Waals surface area contributed by atoms with Gasteiger partial charge in [-0.1, -0.05) is 18.2 Å². The largest absolute Gasteiger partial charge is 0.322 e. The van der Waals surface area contributed by atoms with E-state index in [-0.39, 0.29) is 10.6 Å². The Morgan fingerprint density at radius 1 is 1.50 bits per heavy atom. The highest BCUT2D eigenvalue weighted by Gasteiger charge is 2.16. The number of carbonyl (C=O) groups is 2. The van der Waals surface area contributed by atoms with E-state index in [1.165, 1.54) is 18.2 Å². The Labute approximate surface area is 107 Å². The van der Waals surface area contributed by atoms with Crippen molar-refractivity contribution in [1.82, 2.24) is 0 Å². The second-order valence-electron chi connectivity index (χ2n) is 3.30. The Bertz CT molecular complexity index is 528. The van der Waals surface area contributed by atoms with Crippen LogP contribution < -0.4 is 5.32 Å². The van der Waals surface area contributed by atoms with Gasteiger partial charge in [-0.25, -0.2) is 0 Å². The molecule has 0 saturated heterocycles. The van der Waals surface area contributed by atoms with Gasteiger partial charge in [0, 0.05) is 16.2 Å². The van der Waals surface area contributed by atoms with E-state index in [2.05, 4.69) is 11.9 Å². The third kappa shape index (κ3) is 3.67. The summed E-state index contributed by atoms with van der Waals surface area (Å²) in [5.74, 6) is -1.11. The maximum Gasteiger partial charge on any atom is 0.265 e. The number of halogens is 1. The monoisotopic (exact) mass is 268 g/mol. The summed E-state index contributed by atoms with van der Waals surface area (Å²) in [7, 11) is 0. The molecule has 0 unspecified atom stereocenters. The summed E-state index contributed by atoms with van der Waals surface area (Å²) in [5, 5.41) is 12.7. The molecule has 0 spiro atoms. The van der Waals surface area contributed by atoms with Crippen LogP contribution in [0.3, 0.4) is 0 Å². The summed E-state index contributed by atoms with van der Waals surface area (Å²) < 4.78 is 0. The van der Waals surface area contributed by atoms with Gasteiger partial charge >= 0.3 is 0 Å². The van der Waals surface area contributed by atoms with Crippen molar-refractivity contribution in [2.45, 2.75) is 0 Å². The highest BCUT2D eigenvalue weighted by atomic mass is 35.5. The van der Waals surface area contributed by atoms with E-state index in [4.69, 9.17) is 11.6 Å². The molecule has 0 aromatic heterocycles. The molecule has 0 bridgehead atoms. The van der Waals surface area contributed by atoms with Gasteiger partial charge in [-0.05, 0) is 24.3 Å². The maximum absolute atomic E-state index is 11.4. The number of carbonyl (C=O) groups excluding carboxylic acids is 2. The van der Waals surface area contributed by atoms with E-state index < -0.39 is 23.2 Å². The molecular formula is C11H9ClN2O4. The summed E-state index contributed by atoms with van der Waals surface area (Å²) in [5.41, 5.74) is 0.424.